The van der Waals surface area contributed by atoms with Gasteiger partial charge in [0.1, 0.15) is 0 Å². The molecule has 0 aromatic heterocycles. The van der Waals surface area contributed by atoms with Crippen LogP contribution in [-0.4, -0.2) is 31.8 Å². The van der Waals surface area contributed by atoms with E-state index >= 15 is 0 Å². The SMILES string of the molecule is C=C(C)COCCNC1(CN)CCc2ccccc2C1. The number of fused-ring (bicyclic) bond motifs is 1. The molecule has 1 atom stereocenters. The lowest BCUT2D eigenvalue weighted by Crippen LogP contribution is -2.55. The fraction of sp³-hybridized carbons (Fsp3) is 0.529. The van der Waals surface area contributed by atoms with Gasteiger partial charge in [-0.3, -0.25) is 0 Å². The summed E-state index contributed by atoms with van der Waals surface area (Å²) in [6, 6.07) is 8.68. The predicted molar refractivity (Wildman–Crippen MR) is 83.9 cm³/mol. The average molecular weight is 274 g/mol. The number of rotatable bonds is 7. The Balaban J connectivity index is 1.87. The molecule has 2 rings (SSSR count). The minimum atomic E-state index is 0.0287. The third-order valence-electron chi connectivity index (χ3n) is 4.01. The third kappa shape index (κ3) is 3.92. The molecule has 0 radical (unpaired) electrons. The van der Waals surface area contributed by atoms with Crippen LogP contribution in [0.4, 0.5) is 0 Å². The van der Waals surface area contributed by atoms with Gasteiger partial charge in [0.2, 0.25) is 0 Å². The van der Waals surface area contributed by atoms with E-state index in [9.17, 15) is 0 Å². The van der Waals surface area contributed by atoms with Gasteiger partial charge in [-0.25, -0.2) is 0 Å². The van der Waals surface area contributed by atoms with E-state index in [1.807, 2.05) is 6.92 Å². The van der Waals surface area contributed by atoms with Gasteiger partial charge < -0.3 is 15.8 Å². The van der Waals surface area contributed by atoms with Gasteiger partial charge >= 0.3 is 0 Å². The van der Waals surface area contributed by atoms with Gasteiger partial charge in [-0.2, -0.15) is 0 Å². The summed E-state index contributed by atoms with van der Waals surface area (Å²) in [5.74, 6) is 0. The summed E-state index contributed by atoms with van der Waals surface area (Å²) >= 11 is 0. The predicted octanol–water partition coefficient (Wildman–Crippen LogP) is 2.06. The minimum absolute atomic E-state index is 0.0287. The second kappa shape index (κ2) is 7.02. The van der Waals surface area contributed by atoms with Crippen molar-refractivity contribution in [1.29, 1.82) is 0 Å². The number of benzene rings is 1. The van der Waals surface area contributed by atoms with Crippen LogP contribution >= 0.6 is 0 Å². The maximum absolute atomic E-state index is 6.04. The van der Waals surface area contributed by atoms with E-state index in [0.29, 0.717) is 19.8 Å². The highest BCUT2D eigenvalue weighted by molar-refractivity contribution is 5.32. The second-order valence-corrected chi connectivity index (χ2v) is 5.87. The van der Waals surface area contributed by atoms with Crippen LogP contribution in [0.15, 0.2) is 36.4 Å². The molecule has 3 N–H and O–H groups in total. The van der Waals surface area contributed by atoms with E-state index in [0.717, 1.165) is 31.4 Å². The summed E-state index contributed by atoms with van der Waals surface area (Å²) in [5.41, 5.74) is 10.0. The van der Waals surface area contributed by atoms with Crippen molar-refractivity contribution in [2.75, 3.05) is 26.3 Å². The highest BCUT2D eigenvalue weighted by Crippen LogP contribution is 2.27. The molecule has 0 aliphatic heterocycles. The number of nitrogens with two attached hydrogens (primary N) is 1. The Morgan fingerprint density at radius 1 is 1.40 bits per heavy atom. The summed E-state index contributed by atoms with van der Waals surface area (Å²) in [6.45, 7) is 8.66. The van der Waals surface area contributed by atoms with E-state index < -0.39 is 0 Å². The van der Waals surface area contributed by atoms with Crippen LogP contribution in [0.5, 0.6) is 0 Å². The smallest absolute Gasteiger partial charge is 0.0672 e. The lowest BCUT2D eigenvalue weighted by atomic mass is 9.78. The lowest BCUT2D eigenvalue weighted by Gasteiger charge is -2.38. The first-order valence-corrected chi connectivity index (χ1v) is 7.39. The van der Waals surface area contributed by atoms with Crippen LogP contribution in [0.3, 0.4) is 0 Å². The minimum Gasteiger partial charge on any atom is -0.376 e. The van der Waals surface area contributed by atoms with Crippen LogP contribution in [0.1, 0.15) is 24.5 Å². The summed E-state index contributed by atoms with van der Waals surface area (Å²) in [4.78, 5) is 0. The number of hydrogen-bond acceptors (Lipinski definition) is 3. The molecule has 0 bridgehead atoms. The molecule has 0 spiro atoms. The summed E-state index contributed by atoms with van der Waals surface area (Å²) in [5, 5.41) is 3.62. The van der Waals surface area contributed by atoms with Gasteiger partial charge in [-0.1, -0.05) is 36.4 Å². The summed E-state index contributed by atoms with van der Waals surface area (Å²) < 4.78 is 5.54. The Morgan fingerprint density at radius 2 is 2.15 bits per heavy atom. The highest BCUT2D eigenvalue weighted by Gasteiger charge is 2.32. The van der Waals surface area contributed by atoms with Crippen molar-refractivity contribution in [2.24, 2.45) is 5.73 Å². The fourth-order valence-corrected chi connectivity index (χ4v) is 2.83. The molecule has 110 valence electrons. The molecule has 20 heavy (non-hydrogen) atoms. The normalized spacial score (nSPS) is 21.5. The monoisotopic (exact) mass is 274 g/mol. The molecule has 3 nitrogen and oxygen atoms in total. The van der Waals surface area contributed by atoms with Crippen molar-refractivity contribution in [1.82, 2.24) is 5.32 Å². The van der Waals surface area contributed by atoms with Crippen LogP contribution in [0.25, 0.3) is 0 Å². The van der Waals surface area contributed by atoms with E-state index in [4.69, 9.17) is 10.5 Å². The fourth-order valence-electron chi connectivity index (χ4n) is 2.83. The molecule has 3 heteroatoms. The third-order valence-corrected chi connectivity index (χ3v) is 4.01. The van der Waals surface area contributed by atoms with Gasteiger partial charge in [0.25, 0.3) is 0 Å². The molecule has 1 aliphatic rings. The maximum Gasteiger partial charge on any atom is 0.0672 e. The molecule has 1 aromatic carbocycles. The van der Waals surface area contributed by atoms with Crippen molar-refractivity contribution in [3.8, 4) is 0 Å². The van der Waals surface area contributed by atoms with Crippen LogP contribution in [-0.2, 0) is 17.6 Å². The average Bonchev–Trinajstić information content (AvgIpc) is 2.46. The van der Waals surface area contributed by atoms with Crippen LogP contribution < -0.4 is 11.1 Å². The molecule has 1 aromatic rings. The number of aryl methyl sites for hydroxylation is 1. The van der Waals surface area contributed by atoms with Gasteiger partial charge in [0.15, 0.2) is 0 Å². The molecule has 0 fully saturated rings. The Labute approximate surface area is 122 Å². The van der Waals surface area contributed by atoms with Gasteiger partial charge in [-0.15, -0.1) is 0 Å². The first kappa shape index (κ1) is 15.2. The zero-order valence-corrected chi connectivity index (χ0v) is 12.5. The number of ether oxygens (including phenoxy) is 1. The van der Waals surface area contributed by atoms with Gasteiger partial charge in [-0.05, 0) is 37.3 Å². The van der Waals surface area contributed by atoms with Crippen molar-refractivity contribution in [3.63, 3.8) is 0 Å². The molecule has 0 heterocycles. The van der Waals surface area contributed by atoms with Crippen molar-refractivity contribution in [2.45, 2.75) is 31.7 Å². The van der Waals surface area contributed by atoms with Gasteiger partial charge in [0.05, 0.1) is 13.2 Å². The quantitative estimate of drug-likeness (QED) is 0.591. The van der Waals surface area contributed by atoms with Crippen LogP contribution in [0, 0.1) is 0 Å². The Morgan fingerprint density at radius 3 is 2.85 bits per heavy atom. The lowest BCUT2D eigenvalue weighted by molar-refractivity contribution is 0.145. The van der Waals surface area contributed by atoms with E-state index in [2.05, 4.69) is 36.2 Å². The maximum atomic E-state index is 6.04. The largest absolute Gasteiger partial charge is 0.376 e. The molecular formula is C17H26N2O. The molecular weight excluding hydrogens is 248 g/mol. The molecule has 0 saturated carbocycles. The molecule has 0 amide bonds. The first-order chi connectivity index (χ1) is 9.65. The van der Waals surface area contributed by atoms with E-state index in [-0.39, 0.29) is 5.54 Å². The second-order valence-electron chi connectivity index (χ2n) is 5.87. The zero-order valence-electron chi connectivity index (χ0n) is 12.5. The van der Waals surface area contributed by atoms with E-state index in [1.54, 1.807) is 0 Å². The summed E-state index contributed by atoms with van der Waals surface area (Å²) in [6.07, 6.45) is 3.22. The van der Waals surface area contributed by atoms with Crippen molar-refractivity contribution < 1.29 is 4.74 Å². The Hall–Kier alpha value is -1.16. The highest BCUT2D eigenvalue weighted by atomic mass is 16.5. The van der Waals surface area contributed by atoms with Gasteiger partial charge in [0, 0.05) is 18.6 Å². The Kier molecular flexibility index (Phi) is 5.35. The number of nitrogens with one attached hydrogen (secondary N) is 1. The molecule has 1 aliphatic carbocycles. The Bertz CT molecular complexity index is 458. The van der Waals surface area contributed by atoms with Crippen LogP contribution in [0.2, 0.25) is 0 Å². The molecule has 1 unspecified atom stereocenters. The first-order valence-electron chi connectivity index (χ1n) is 7.39. The van der Waals surface area contributed by atoms with Crippen molar-refractivity contribution >= 4 is 0 Å². The number of hydrogen-bond donors (Lipinski definition) is 2. The zero-order chi connectivity index (χ0) is 14.4. The molecule has 0 saturated heterocycles. The van der Waals surface area contributed by atoms with Crippen molar-refractivity contribution in [3.05, 3.63) is 47.5 Å². The standard InChI is InChI=1S/C17H26N2O/c1-14(2)12-20-10-9-19-17(13-18)8-7-15-5-3-4-6-16(15)11-17/h3-6,19H,1,7-13,18H2,2H3. The van der Waals surface area contributed by atoms with E-state index in [1.165, 1.54) is 11.1 Å². The summed E-state index contributed by atoms with van der Waals surface area (Å²) in [7, 11) is 0. The topological polar surface area (TPSA) is 47.3 Å².